The number of hydrogen-bond acceptors (Lipinski definition) is 4. The molecule has 2 N–H and O–H groups in total. The summed E-state index contributed by atoms with van der Waals surface area (Å²) in [5.41, 5.74) is 3.25. The van der Waals surface area contributed by atoms with Gasteiger partial charge in [-0.25, -0.2) is 4.98 Å². The maximum absolute atomic E-state index is 12.1. The standard InChI is InChI=1S/C19H26N2O2S/c1-11(2)16(22)10-17(23)20-13(4)18-14(5)21-19(24-18)15-8-6-12(3)7-9-15/h6-9,11,13,16,22H,10H2,1-5H3,(H,20,23). The van der Waals surface area contributed by atoms with Gasteiger partial charge in [0.1, 0.15) is 5.01 Å². The van der Waals surface area contributed by atoms with Crippen LogP contribution in [0.2, 0.25) is 0 Å². The molecule has 1 aromatic heterocycles. The number of aryl methyl sites for hydroxylation is 2. The Morgan fingerprint density at radius 3 is 2.42 bits per heavy atom. The van der Waals surface area contributed by atoms with Gasteiger partial charge in [-0.3, -0.25) is 4.79 Å². The maximum Gasteiger partial charge on any atom is 0.223 e. The number of aliphatic hydroxyl groups excluding tert-OH is 1. The van der Waals surface area contributed by atoms with Crippen molar-refractivity contribution >= 4 is 17.2 Å². The summed E-state index contributed by atoms with van der Waals surface area (Å²) in [4.78, 5) is 17.8. The Kier molecular flexibility index (Phi) is 6.13. The molecule has 2 aromatic rings. The third-order valence-electron chi connectivity index (χ3n) is 4.07. The van der Waals surface area contributed by atoms with Crippen molar-refractivity contribution < 1.29 is 9.90 Å². The molecule has 0 saturated carbocycles. The van der Waals surface area contributed by atoms with Gasteiger partial charge in [0.15, 0.2) is 0 Å². The Labute approximate surface area is 148 Å². The van der Waals surface area contributed by atoms with Crippen LogP contribution >= 0.6 is 11.3 Å². The molecule has 0 fully saturated rings. The summed E-state index contributed by atoms with van der Waals surface area (Å²) < 4.78 is 0. The van der Waals surface area contributed by atoms with Crippen molar-refractivity contribution in [2.45, 2.75) is 53.2 Å². The molecule has 2 atom stereocenters. The second kappa shape index (κ2) is 7.90. The molecule has 0 spiro atoms. The summed E-state index contributed by atoms with van der Waals surface area (Å²) in [6, 6.07) is 8.17. The third-order valence-corrected chi connectivity index (χ3v) is 5.46. The molecule has 2 unspecified atom stereocenters. The zero-order valence-corrected chi connectivity index (χ0v) is 15.8. The van der Waals surface area contributed by atoms with Crippen LogP contribution in [0.5, 0.6) is 0 Å². The van der Waals surface area contributed by atoms with E-state index in [-0.39, 0.29) is 24.3 Å². The van der Waals surface area contributed by atoms with Crippen LogP contribution in [-0.2, 0) is 4.79 Å². The van der Waals surface area contributed by atoms with Gasteiger partial charge in [-0.2, -0.15) is 0 Å². The summed E-state index contributed by atoms with van der Waals surface area (Å²) >= 11 is 1.61. The highest BCUT2D eigenvalue weighted by molar-refractivity contribution is 7.15. The Bertz CT molecular complexity index is 692. The number of carbonyl (C=O) groups is 1. The molecule has 0 aliphatic rings. The summed E-state index contributed by atoms with van der Waals surface area (Å²) in [7, 11) is 0. The zero-order chi connectivity index (χ0) is 17.9. The molecule has 2 rings (SSSR count). The molecule has 0 radical (unpaired) electrons. The lowest BCUT2D eigenvalue weighted by molar-refractivity contribution is -0.124. The Morgan fingerprint density at radius 2 is 1.83 bits per heavy atom. The Hall–Kier alpha value is -1.72. The van der Waals surface area contributed by atoms with Gasteiger partial charge in [0, 0.05) is 5.56 Å². The summed E-state index contributed by atoms with van der Waals surface area (Å²) in [6.45, 7) is 9.80. The fraction of sp³-hybridized carbons (Fsp3) is 0.474. The molecule has 24 heavy (non-hydrogen) atoms. The van der Waals surface area contributed by atoms with Crippen LogP contribution in [0.1, 0.15) is 49.4 Å². The van der Waals surface area contributed by atoms with E-state index in [0.717, 1.165) is 21.1 Å². The molecule has 0 saturated heterocycles. The molecule has 4 nitrogen and oxygen atoms in total. The lowest BCUT2D eigenvalue weighted by Gasteiger charge is -2.17. The number of aromatic nitrogens is 1. The van der Waals surface area contributed by atoms with Gasteiger partial charge < -0.3 is 10.4 Å². The maximum atomic E-state index is 12.1. The fourth-order valence-corrected chi connectivity index (χ4v) is 3.50. The van der Waals surface area contributed by atoms with Crippen molar-refractivity contribution in [1.29, 1.82) is 0 Å². The lowest BCUT2D eigenvalue weighted by Crippen LogP contribution is -2.31. The predicted octanol–water partition coefficient (Wildman–Crippen LogP) is 4.01. The van der Waals surface area contributed by atoms with Gasteiger partial charge in [0.25, 0.3) is 0 Å². The van der Waals surface area contributed by atoms with Gasteiger partial charge in [-0.05, 0) is 26.7 Å². The van der Waals surface area contributed by atoms with E-state index in [1.54, 1.807) is 11.3 Å². The van der Waals surface area contributed by atoms with Crippen molar-refractivity contribution in [3.63, 3.8) is 0 Å². The highest BCUT2D eigenvalue weighted by Crippen LogP contribution is 2.31. The van der Waals surface area contributed by atoms with E-state index in [1.807, 2.05) is 27.7 Å². The number of nitrogens with zero attached hydrogens (tertiary/aromatic N) is 1. The molecule has 0 aliphatic heterocycles. The van der Waals surface area contributed by atoms with E-state index < -0.39 is 6.10 Å². The number of amides is 1. The molecular weight excluding hydrogens is 320 g/mol. The van der Waals surface area contributed by atoms with E-state index in [2.05, 4.69) is 41.5 Å². The zero-order valence-electron chi connectivity index (χ0n) is 15.0. The minimum atomic E-state index is -0.608. The largest absolute Gasteiger partial charge is 0.392 e. The van der Waals surface area contributed by atoms with Crippen LogP contribution in [0.3, 0.4) is 0 Å². The van der Waals surface area contributed by atoms with Crippen LogP contribution in [0, 0.1) is 19.8 Å². The monoisotopic (exact) mass is 346 g/mol. The van der Waals surface area contributed by atoms with Crippen molar-refractivity contribution in [3.05, 3.63) is 40.4 Å². The minimum Gasteiger partial charge on any atom is -0.392 e. The highest BCUT2D eigenvalue weighted by Gasteiger charge is 2.20. The van der Waals surface area contributed by atoms with Crippen LogP contribution in [-0.4, -0.2) is 22.1 Å². The van der Waals surface area contributed by atoms with E-state index in [9.17, 15) is 9.90 Å². The lowest BCUT2D eigenvalue weighted by atomic mass is 10.0. The first-order valence-electron chi connectivity index (χ1n) is 8.29. The molecule has 1 aromatic carbocycles. The van der Waals surface area contributed by atoms with Crippen LogP contribution in [0.25, 0.3) is 10.6 Å². The predicted molar refractivity (Wildman–Crippen MR) is 99.0 cm³/mol. The molecule has 0 bridgehead atoms. The van der Waals surface area contributed by atoms with E-state index in [0.29, 0.717) is 0 Å². The van der Waals surface area contributed by atoms with Gasteiger partial charge in [-0.15, -0.1) is 11.3 Å². The smallest absolute Gasteiger partial charge is 0.223 e. The third kappa shape index (κ3) is 4.65. The van der Waals surface area contributed by atoms with Crippen molar-refractivity contribution in [2.75, 3.05) is 0 Å². The van der Waals surface area contributed by atoms with Crippen molar-refractivity contribution in [3.8, 4) is 10.6 Å². The number of carbonyl (C=O) groups excluding carboxylic acids is 1. The number of aliphatic hydroxyl groups is 1. The minimum absolute atomic E-state index is 0.0735. The van der Waals surface area contributed by atoms with Crippen LogP contribution in [0.15, 0.2) is 24.3 Å². The highest BCUT2D eigenvalue weighted by atomic mass is 32.1. The molecule has 1 amide bonds. The summed E-state index contributed by atoms with van der Waals surface area (Å²) in [5.74, 6) is -0.0577. The van der Waals surface area contributed by atoms with E-state index in [4.69, 9.17) is 0 Å². The van der Waals surface area contributed by atoms with Gasteiger partial charge >= 0.3 is 0 Å². The van der Waals surface area contributed by atoms with E-state index >= 15 is 0 Å². The Balaban J connectivity index is 2.09. The number of rotatable bonds is 6. The van der Waals surface area contributed by atoms with Crippen LogP contribution < -0.4 is 5.32 Å². The quantitative estimate of drug-likeness (QED) is 0.831. The number of benzene rings is 1. The normalized spacial score (nSPS) is 13.8. The van der Waals surface area contributed by atoms with Crippen molar-refractivity contribution in [1.82, 2.24) is 10.3 Å². The first-order chi connectivity index (χ1) is 11.3. The number of hydrogen-bond donors (Lipinski definition) is 2. The molecule has 0 aliphatic carbocycles. The SMILES string of the molecule is Cc1ccc(-c2nc(C)c(C(C)NC(=O)CC(O)C(C)C)s2)cc1. The summed E-state index contributed by atoms with van der Waals surface area (Å²) in [6.07, 6.45) is -0.479. The average Bonchev–Trinajstić information content (AvgIpc) is 2.89. The van der Waals surface area contributed by atoms with Gasteiger partial charge in [-0.1, -0.05) is 43.7 Å². The molecular formula is C19H26N2O2S. The second-order valence-electron chi connectivity index (χ2n) is 6.64. The van der Waals surface area contributed by atoms with Gasteiger partial charge in [0.2, 0.25) is 5.91 Å². The van der Waals surface area contributed by atoms with Crippen molar-refractivity contribution in [2.24, 2.45) is 5.92 Å². The molecule has 1 heterocycles. The average molecular weight is 346 g/mol. The summed E-state index contributed by atoms with van der Waals surface area (Å²) in [5, 5.41) is 13.8. The number of nitrogens with one attached hydrogen (secondary N) is 1. The first-order valence-corrected chi connectivity index (χ1v) is 9.11. The Morgan fingerprint density at radius 1 is 1.21 bits per heavy atom. The first kappa shape index (κ1) is 18.6. The van der Waals surface area contributed by atoms with E-state index in [1.165, 1.54) is 5.56 Å². The topological polar surface area (TPSA) is 62.2 Å². The second-order valence-corrected chi connectivity index (χ2v) is 7.67. The van der Waals surface area contributed by atoms with Crippen LogP contribution in [0.4, 0.5) is 0 Å². The molecule has 5 heteroatoms. The van der Waals surface area contributed by atoms with Gasteiger partial charge in [0.05, 0.1) is 29.1 Å². The fourth-order valence-electron chi connectivity index (χ4n) is 2.42. The number of thiazole rings is 1. The molecule has 130 valence electrons.